The fourth-order valence-electron chi connectivity index (χ4n) is 1.84. The van der Waals surface area contributed by atoms with E-state index in [9.17, 15) is 4.79 Å². The fraction of sp³-hybridized carbons (Fsp3) is 0.429. The average Bonchev–Trinajstić information content (AvgIpc) is 2.74. The smallest absolute Gasteiger partial charge is 0.407 e. The predicted octanol–water partition coefficient (Wildman–Crippen LogP) is 2.90. The van der Waals surface area contributed by atoms with E-state index < -0.39 is 11.7 Å². The van der Waals surface area contributed by atoms with E-state index in [0.717, 1.165) is 22.2 Å². The summed E-state index contributed by atoms with van der Waals surface area (Å²) in [6, 6.07) is 1.98. The van der Waals surface area contributed by atoms with Crippen LogP contribution in [0.5, 0.6) is 0 Å². The number of hydrogen-bond donors (Lipinski definition) is 2. The van der Waals surface area contributed by atoms with Gasteiger partial charge in [-0.3, -0.25) is 0 Å². The van der Waals surface area contributed by atoms with E-state index in [1.165, 1.54) is 0 Å². The summed E-state index contributed by atoms with van der Waals surface area (Å²) < 4.78 is 5.20. The quantitative estimate of drug-likeness (QED) is 0.873. The van der Waals surface area contributed by atoms with Crippen LogP contribution in [0.1, 0.15) is 31.9 Å². The number of carbonyl (C=O) groups is 1. The van der Waals surface area contributed by atoms with E-state index in [0.29, 0.717) is 6.54 Å². The van der Waals surface area contributed by atoms with Crippen LogP contribution in [0.3, 0.4) is 0 Å². The average molecular weight is 261 g/mol. The number of amides is 1. The molecule has 5 heteroatoms. The molecule has 2 N–H and O–H groups in total. The molecule has 0 aliphatic heterocycles. The van der Waals surface area contributed by atoms with Crippen molar-refractivity contribution in [3.8, 4) is 0 Å². The zero-order valence-corrected chi connectivity index (χ0v) is 11.7. The van der Waals surface area contributed by atoms with E-state index in [4.69, 9.17) is 4.74 Å². The summed E-state index contributed by atoms with van der Waals surface area (Å²) in [5, 5.41) is 3.81. The van der Waals surface area contributed by atoms with Crippen molar-refractivity contribution < 1.29 is 9.53 Å². The summed E-state index contributed by atoms with van der Waals surface area (Å²) >= 11 is 0. The first kappa shape index (κ1) is 13.4. The van der Waals surface area contributed by atoms with Crippen molar-refractivity contribution >= 4 is 17.1 Å². The monoisotopic (exact) mass is 261 g/mol. The zero-order valence-electron chi connectivity index (χ0n) is 11.7. The number of carbonyl (C=O) groups excluding carboxylic acids is 1. The Morgan fingerprint density at radius 2 is 2.21 bits per heavy atom. The third-order valence-electron chi connectivity index (χ3n) is 2.78. The van der Waals surface area contributed by atoms with Crippen molar-refractivity contribution in [2.24, 2.45) is 0 Å². The van der Waals surface area contributed by atoms with E-state index in [1.807, 2.05) is 40.0 Å². The van der Waals surface area contributed by atoms with Crippen LogP contribution in [0, 0.1) is 6.92 Å². The Balaban J connectivity index is 2.06. The molecule has 0 saturated heterocycles. The number of hydrogen-bond acceptors (Lipinski definition) is 3. The molecule has 19 heavy (non-hydrogen) atoms. The van der Waals surface area contributed by atoms with Gasteiger partial charge < -0.3 is 15.0 Å². The van der Waals surface area contributed by atoms with E-state index >= 15 is 0 Å². The second kappa shape index (κ2) is 4.91. The lowest BCUT2D eigenvalue weighted by Crippen LogP contribution is -2.32. The van der Waals surface area contributed by atoms with Crippen molar-refractivity contribution in [3.05, 3.63) is 29.6 Å². The molecule has 0 fully saturated rings. The van der Waals surface area contributed by atoms with Crippen LogP contribution in [0.15, 0.2) is 18.5 Å². The Labute approximate surface area is 112 Å². The lowest BCUT2D eigenvalue weighted by Gasteiger charge is -2.19. The summed E-state index contributed by atoms with van der Waals surface area (Å²) in [7, 11) is 0. The summed E-state index contributed by atoms with van der Waals surface area (Å²) in [4.78, 5) is 19.0. The van der Waals surface area contributed by atoms with Crippen molar-refractivity contribution in [2.75, 3.05) is 0 Å². The Morgan fingerprint density at radius 3 is 2.89 bits per heavy atom. The second-order valence-corrected chi connectivity index (χ2v) is 5.50. The molecule has 0 atom stereocenters. The van der Waals surface area contributed by atoms with Gasteiger partial charge in [0.25, 0.3) is 0 Å². The maximum absolute atomic E-state index is 11.6. The topological polar surface area (TPSA) is 67.0 Å². The highest BCUT2D eigenvalue weighted by molar-refractivity contribution is 5.80. The number of aromatic nitrogens is 2. The molecule has 2 aromatic rings. The standard InChI is InChI=1S/C14H19N3O2/c1-9-10(7-16-12-11(9)5-6-15-12)8-17-13(18)19-14(2,3)4/h5-7H,8H2,1-4H3,(H,15,16)(H,17,18). The van der Waals surface area contributed by atoms with E-state index in [2.05, 4.69) is 15.3 Å². The fourth-order valence-corrected chi connectivity index (χ4v) is 1.84. The van der Waals surface area contributed by atoms with Gasteiger partial charge in [0.2, 0.25) is 0 Å². The Hall–Kier alpha value is -2.04. The van der Waals surface area contributed by atoms with Gasteiger partial charge in [-0.1, -0.05) is 0 Å². The molecular formula is C14H19N3O2. The summed E-state index contributed by atoms with van der Waals surface area (Å²) in [5.74, 6) is 0. The molecule has 2 aromatic heterocycles. The zero-order chi connectivity index (χ0) is 14.0. The molecule has 0 unspecified atom stereocenters. The van der Waals surface area contributed by atoms with Crippen molar-refractivity contribution in [3.63, 3.8) is 0 Å². The van der Waals surface area contributed by atoms with Gasteiger partial charge in [0.15, 0.2) is 0 Å². The highest BCUT2D eigenvalue weighted by Crippen LogP contribution is 2.18. The summed E-state index contributed by atoms with van der Waals surface area (Å²) in [6.45, 7) is 7.95. The third-order valence-corrected chi connectivity index (χ3v) is 2.78. The van der Waals surface area contributed by atoms with Gasteiger partial charge in [0, 0.05) is 24.3 Å². The summed E-state index contributed by atoms with van der Waals surface area (Å²) in [6.07, 6.45) is 3.21. The SMILES string of the molecule is Cc1c(CNC(=O)OC(C)(C)C)cnc2[nH]ccc12. The molecule has 5 nitrogen and oxygen atoms in total. The molecule has 2 rings (SSSR count). The molecule has 0 spiro atoms. The van der Waals surface area contributed by atoms with Crippen LogP contribution in [-0.4, -0.2) is 21.7 Å². The van der Waals surface area contributed by atoms with Crippen molar-refractivity contribution in [1.82, 2.24) is 15.3 Å². The molecular weight excluding hydrogens is 242 g/mol. The first-order chi connectivity index (χ1) is 8.87. The largest absolute Gasteiger partial charge is 0.444 e. The van der Waals surface area contributed by atoms with Gasteiger partial charge in [-0.15, -0.1) is 0 Å². The lowest BCUT2D eigenvalue weighted by atomic mass is 10.1. The second-order valence-electron chi connectivity index (χ2n) is 5.50. The van der Waals surface area contributed by atoms with Gasteiger partial charge in [-0.2, -0.15) is 0 Å². The van der Waals surface area contributed by atoms with E-state index in [1.54, 1.807) is 6.20 Å². The number of aromatic amines is 1. The predicted molar refractivity (Wildman–Crippen MR) is 73.9 cm³/mol. The first-order valence-corrected chi connectivity index (χ1v) is 6.25. The number of pyridine rings is 1. The Morgan fingerprint density at radius 1 is 1.47 bits per heavy atom. The molecule has 0 saturated carbocycles. The Kier molecular flexibility index (Phi) is 3.46. The number of aryl methyl sites for hydroxylation is 1. The molecule has 0 aromatic carbocycles. The van der Waals surface area contributed by atoms with Crippen LogP contribution in [0.25, 0.3) is 11.0 Å². The number of nitrogens with one attached hydrogen (secondary N) is 2. The van der Waals surface area contributed by atoms with Gasteiger partial charge in [0.1, 0.15) is 11.2 Å². The number of fused-ring (bicyclic) bond motifs is 1. The van der Waals surface area contributed by atoms with Gasteiger partial charge in [0.05, 0.1) is 0 Å². The maximum atomic E-state index is 11.6. The highest BCUT2D eigenvalue weighted by Gasteiger charge is 2.16. The van der Waals surface area contributed by atoms with E-state index in [-0.39, 0.29) is 0 Å². The minimum atomic E-state index is -0.484. The molecule has 2 heterocycles. The maximum Gasteiger partial charge on any atom is 0.407 e. The number of nitrogens with zero attached hydrogens (tertiary/aromatic N) is 1. The minimum Gasteiger partial charge on any atom is -0.444 e. The molecule has 0 aliphatic carbocycles. The van der Waals surface area contributed by atoms with Crippen LogP contribution in [0.4, 0.5) is 4.79 Å². The van der Waals surface area contributed by atoms with Crippen LogP contribution < -0.4 is 5.32 Å². The van der Waals surface area contributed by atoms with Crippen molar-refractivity contribution in [1.29, 1.82) is 0 Å². The van der Waals surface area contributed by atoms with Gasteiger partial charge in [-0.25, -0.2) is 9.78 Å². The molecule has 0 bridgehead atoms. The molecule has 0 radical (unpaired) electrons. The first-order valence-electron chi connectivity index (χ1n) is 6.25. The van der Waals surface area contributed by atoms with Gasteiger partial charge in [-0.05, 0) is 44.9 Å². The molecule has 1 amide bonds. The Bertz CT molecular complexity index is 596. The lowest BCUT2D eigenvalue weighted by molar-refractivity contribution is 0.0523. The normalized spacial score (nSPS) is 11.6. The minimum absolute atomic E-state index is 0.412. The molecule has 0 aliphatic rings. The number of rotatable bonds is 2. The van der Waals surface area contributed by atoms with Crippen LogP contribution in [0.2, 0.25) is 0 Å². The van der Waals surface area contributed by atoms with Crippen LogP contribution in [-0.2, 0) is 11.3 Å². The summed E-state index contributed by atoms with van der Waals surface area (Å²) in [5.41, 5.74) is 2.47. The van der Waals surface area contributed by atoms with Crippen molar-refractivity contribution in [2.45, 2.75) is 39.8 Å². The highest BCUT2D eigenvalue weighted by atomic mass is 16.6. The third kappa shape index (κ3) is 3.24. The van der Waals surface area contributed by atoms with Crippen LogP contribution >= 0.6 is 0 Å². The molecule has 102 valence electrons. The number of H-pyrrole nitrogens is 1. The number of alkyl carbamates (subject to hydrolysis) is 1. The van der Waals surface area contributed by atoms with Gasteiger partial charge >= 0.3 is 6.09 Å². The number of ether oxygens (including phenoxy) is 1.